The van der Waals surface area contributed by atoms with Crippen LogP contribution in [0.4, 0.5) is 0 Å². The summed E-state index contributed by atoms with van der Waals surface area (Å²) in [5.74, 6) is 0.691. The second-order valence-electron chi connectivity index (χ2n) is 10.1. The Kier molecular flexibility index (Phi) is 4.65. The number of nitrogens with one attached hydrogen (secondary N) is 1. The summed E-state index contributed by atoms with van der Waals surface area (Å²) in [7, 11) is 0. The average molecular weight is 438 g/mol. The van der Waals surface area contributed by atoms with Crippen LogP contribution >= 0.6 is 0 Å². The Balaban J connectivity index is 1.05. The summed E-state index contributed by atoms with van der Waals surface area (Å²) in [6.45, 7) is 0.594. The van der Waals surface area contributed by atoms with Crippen LogP contribution in [0.3, 0.4) is 0 Å². The van der Waals surface area contributed by atoms with Crippen LogP contribution in [0.5, 0.6) is 0 Å². The fraction of sp³-hybridized carbons (Fsp3) is 0.310. The molecular formula is C29H27NO3. The maximum Gasteiger partial charge on any atom is 0.335 e. The van der Waals surface area contributed by atoms with E-state index in [2.05, 4.69) is 29.6 Å². The molecule has 33 heavy (non-hydrogen) atoms. The number of hydrogen-bond acceptors (Lipinski definition) is 2. The Labute approximate surface area is 193 Å². The van der Waals surface area contributed by atoms with Crippen LogP contribution < -0.4 is 5.32 Å². The van der Waals surface area contributed by atoms with Crippen molar-refractivity contribution in [1.82, 2.24) is 5.32 Å². The topological polar surface area (TPSA) is 66.4 Å². The minimum absolute atomic E-state index is 0.0105. The number of hydrogen-bond donors (Lipinski definition) is 2. The molecule has 2 saturated carbocycles. The van der Waals surface area contributed by atoms with Gasteiger partial charge in [-0.05, 0) is 101 Å². The van der Waals surface area contributed by atoms with Crippen molar-refractivity contribution in [3.05, 3.63) is 94.5 Å². The highest BCUT2D eigenvalue weighted by Crippen LogP contribution is 2.71. The molecule has 2 bridgehead atoms. The first-order chi connectivity index (χ1) is 16.0. The van der Waals surface area contributed by atoms with Crippen molar-refractivity contribution in [3.63, 3.8) is 0 Å². The van der Waals surface area contributed by atoms with Crippen LogP contribution in [0.1, 0.15) is 62.6 Å². The normalized spacial score (nSPS) is 24.0. The van der Waals surface area contributed by atoms with Crippen LogP contribution in [0.25, 0.3) is 11.1 Å². The van der Waals surface area contributed by atoms with Gasteiger partial charge in [0, 0.05) is 12.1 Å². The lowest BCUT2D eigenvalue weighted by atomic mass is 9.78. The largest absolute Gasteiger partial charge is 0.478 e. The van der Waals surface area contributed by atoms with Gasteiger partial charge in [-0.1, -0.05) is 42.5 Å². The van der Waals surface area contributed by atoms with E-state index in [9.17, 15) is 9.59 Å². The maximum absolute atomic E-state index is 12.8. The van der Waals surface area contributed by atoms with Gasteiger partial charge in [0.05, 0.1) is 5.56 Å². The monoisotopic (exact) mass is 437 g/mol. The zero-order chi connectivity index (χ0) is 22.6. The van der Waals surface area contributed by atoms with Crippen molar-refractivity contribution in [1.29, 1.82) is 0 Å². The molecule has 3 aliphatic rings. The van der Waals surface area contributed by atoms with Crippen molar-refractivity contribution in [2.24, 2.45) is 11.3 Å². The Hall–Kier alpha value is -3.40. The predicted octanol–water partition coefficient (Wildman–Crippen LogP) is 5.46. The Morgan fingerprint density at radius 3 is 2.33 bits per heavy atom. The molecule has 0 radical (unpaired) electrons. The molecule has 3 aliphatic carbocycles. The van der Waals surface area contributed by atoms with Gasteiger partial charge in [0.1, 0.15) is 0 Å². The Morgan fingerprint density at radius 2 is 1.61 bits per heavy atom. The number of carboxylic acids is 1. The van der Waals surface area contributed by atoms with Crippen molar-refractivity contribution >= 4 is 11.9 Å². The molecule has 3 aromatic rings. The fourth-order valence-electron chi connectivity index (χ4n) is 6.21. The van der Waals surface area contributed by atoms with E-state index in [-0.39, 0.29) is 11.5 Å². The maximum atomic E-state index is 12.8. The molecule has 6 rings (SSSR count). The van der Waals surface area contributed by atoms with E-state index in [4.69, 9.17) is 5.11 Å². The molecule has 166 valence electrons. The molecule has 3 unspecified atom stereocenters. The van der Waals surface area contributed by atoms with Crippen molar-refractivity contribution < 1.29 is 14.7 Å². The SMILES string of the molecule is O=C(O)c1ccc(-c2ccc(CCNC(=O)c3ccc4c(c3)C3CC5CC5(C4)C3)cc2)cc1. The van der Waals surface area contributed by atoms with E-state index in [0.29, 0.717) is 17.9 Å². The molecule has 0 aromatic heterocycles. The van der Waals surface area contributed by atoms with E-state index >= 15 is 0 Å². The van der Waals surface area contributed by atoms with Gasteiger partial charge in [-0.15, -0.1) is 0 Å². The lowest BCUT2D eigenvalue weighted by Crippen LogP contribution is -2.26. The highest BCUT2D eigenvalue weighted by atomic mass is 16.4. The zero-order valence-corrected chi connectivity index (χ0v) is 18.5. The summed E-state index contributed by atoms with van der Waals surface area (Å²) in [4.78, 5) is 23.8. The Morgan fingerprint density at radius 1 is 0.909 bits per heavy atom. The zero-order valence-electron chi connectivity index (χ0n) is 18.5. The minimum Gasteiger partial charge on any atom is -0.478 e. The molecule has 2 N–H and O–H groups in total. The molecule has 1 spiro atoms. The number of benzene rings is 3. The van der Waals surface area contributed by atoms with Crippen LogP contribution in [0.15, 0.2) is 66.7 Å². The molecular weight excluding hydrogens is 410 g/mol. The second-order valence-corrected chi connectivity index (χ2v) is 10.1. The minimum atomic E-state index is -0.919. The third-order valence-corrected chi connectivity index (χ3v) is 8.09. The van der Waals surface area contributed by atoms with Crippen molar-refractivity contribution in [2.75, 3.05) is 6.54 Å². The number of fused-ring (bicyclic) bond motifs is 3. The molecule has 0 aliphatic heterocycles. The number of rotatable bonds is 6. The first kappa shape index (κ1) is 20.2. The third kappa shape index (κ3) is 3.64. The molecule has 4 heteroatoms. The first-order valence-corrected chi connectivity index (χ1v) is 11.8. The quantitative estimate of drug-likeness (QED) is 0.538. The standard InChI is InChI=1S/C29H27NO3/c31-27(22-9-10-23-15-29-16-24(26(23)14-22)13-25(29)17-29)30-12-11-18-1-3-19(4-2-18)20-5-7-21(8-6-20)28(32)33/h1-10,14,24-25H,11-13,15-17H2,(H,30,31)(H,32,33). The van der Waals surface area contributed by atoms with Crippen LogP contribution in [-0.4, -0.2) is 23.5 Å². The summed E-state index contributed by atoms with van der Waals surface area (Å²) in [5.41, 5.74) is 7.77. The van der Waals surface area contributed by atoms with E-state index in [1.165, 1.54) is 36.8 Å². The van der Waals surface area contributed by atoms with Gasteiger partial charge in [0.15, 0.2) is 0 Å². The number of carbonyl (C=O) groups excluding carboxylic acids is 1. The summed E-state index contributed by atoms with van der Waals surface area (Å²) in [6, 6.07) is 21.4. The molecule has 1 amide bonds. The van der Waals surface area contributed by atoms with Gasteiger partial charge in [0.25, 0.3) is 5.91 Å². The molecule has 3 aromatic carbocycles. The number of aromatic carboxylic acids is 1. The fourth-order valence-corrected chi connectivity index (χ4v) is 6.21. The van der Waals surface area contributed by atoms with Gasteiger partial charge in [-0.2, -0.15) is 0 Å². The van der Waals surface area contributed by atoms with E-state index in [1.807, 2.05) is 30.3 Å². The van der Waals surface area contributed by atoms with Crippen molar-refractivity contribution in [3.8, 4) is 11.1 Å². The Bertz CT molecular complexity index is 1240. The van der Waals surface area contributed by atoms with Gasteiger partial charge in [-0.25, -0.2) is 4.79 Å². The summed E-state index contributed by atoms with van der Waals surface area (Å²) < 4.78 is 0. The molecule has 0 heterocycles. The number of carbonyl (C=O) groups is 2. The number of carboxylic acid groups (broad SMARTS) is 1. The molecule has 4 nitrogen and oxygen atoms in total. The average Bonchev–Trinajstić information content (AvgIpc) is 3.39. The lowest BCUT2D eigenvalue weighted by Gasteiger charge is -2.27. The highest BCUT2D eigenvalue weighted by molar-refractivity contribution is 5.94. The molecule has 2 fully saturated rings. The third-order valence-electron chi connectivity index (χ3n) is 8.09. The summed E-state index contributed by atoms with van der Waals surface area (Å²) in [5, 5.41) is 12.1. The van der Waals surface area contributed by atoms with Gasteiger partial charge in [0.2, 0.25) is 0 Å². The van der Waals surface area contributed by atoms with Crippen LogP contribution in [-0.2, 0) is 12.8 Å². The predicted molar refractivity (Wildman–Crippen MR) is 128 cm³/mol. The molecule has 3 atom stereocenters. The molecule has 0 saturated heterocycles. The highest BCUT2D eigenvalue weighted by Gasteiger charge is 2.62. The summed E-state index contributed by atoms with van der Waals surface area (Å²) in [6.07, 6.45) is 6.04. The van der Waals surface area contributed by atoms with E-state index in [1.54, 1.807) is 12.1 Å². The van der Waals surface area contributed by atoms with Gasteiger partial charge >= 0.3 is 5.97 Å². The van der Waals surface area contributed by atoms with Crippen molar-refractivity contribution in [2.45, 2.75) is 38.0 Å². The lowest BCUT2D eigenvalue weighted by molar-refractivity contribution is 0.0696. The first-order valence-electron chi connectivity index (χ1n) is 11.8. The van der Waals surface area contributed by atoms with Crippen LogP contribution in [0, 0.1) is 11.3 Å². The van der Waals surface area contributed by atoms with Gasteiger partial charge in [-0.3, -0.25) is 4.79 Å². The van der Waals surface area contributed by atoms with Gasteiger partial charge < -0.3 is 10.4 Å². The smallest absolute Gasteiger partial charge is 0.335 e. The second kappa shape index (κ2) is 7.58. The number of amides is 1. The van der Waals surface area contributed by atoms with E-state index in [0.717, 1.165) is 34.6 Å². The van der Waals surface area contributed by atoms with E-state index < -0.39 is 5.97 Å². The summed E-state index contributed by atoms with van der Waals surface area (Å²) >= 11 is 0. The van der Waals surface area contributed by atoms with Crippen LogP contribution in [0.2, 0.25) is 0 Å².